The zero-order valence-electron chi connectivity index (χ0n) is 10.3. The molecule has 102 valence electrons. The van der Waals surface area contributed by atoms with Crippen molar-refractivity contribution in [2.75, 3.05) is 11.9 Å². The summed E-state index contributed by atoms with van der Waals surface area (Å²) in [6.45, 7) is 0.867. The molecular formula is C15H10BrClFNO. The van der Waals surface area contributed by atoms with E-state index in [0.29, 0.717) is 10.0 Å². The number of halogens is 3. The summed E-state index contributed by atoms with van der Waals surface area (Å²) >= 11 is 8.95. The molecule has 0 radical (unpaired) electrons. The van der Waals surface area contributed by atoms with Crippen molar-refractivity contribution >= 4 is 39.0 Å². The zero-order chi connectivity index (χ0) is 14.3. The quantitative estimate of drug-likeness (QED) is 0.638. The average Bonchev–Trinajstić information content (AvgIpc) is 2.91. The average molecular weight is 355 g/mol. The third kappa shape index (κ3) is 2.23. The highest BCUT2D eigenvalue weighted by Crippen LogP contribution is 2.30. The summed E-state index contributed by atoms with van der Waals surface area (Å²) in [6.07, 6.45) is 0.947. The molecule has 0 saturated carbocycles. The molecule has 0 amide bonds. The summed E-state index contributed by atoms with van der Waals surface area (Å²) in [6, 6.07) is 8.41. The van der Waals surface area contributed by atoms with Gasteiger partial charge in [-0.15, -0.1) is 0 Å². The van der Waals surface area contributed by atoms with Crippen molar-refractivity contribution < 1.29 is 9.18 Å². The van der Waals surface area contributed by atoms with Crippen LogP contribution in [0.15, 0.2) is 34.8 Å². The van der Waals surface area contributed by atoms with E-state index in [-0.39, 0.29) is 16.4 Å². The van der Waals surface area contributed by atoms with Gasteiger partial charge in [0.05, 0.1) is 10.6 Å². The van der Waals surface area contributed by atoms with E-state index in [2.05, 4.69) is 21.2 Å². The van der Waals surface area contributed by atoms with E-state index in [9.17, 15) is 9.18 Å². The van der Waals surface area contributed by atoms with Crippen LogP contribution in [0.3, 0.4) is 0 Å². The number of ketones is 1. The molecule has 0 fully saturated rings. The number of anilines is 1. The van der Waals surface area contributed by atoms with Gasteiger partial charge < -0.3 is 5.32 Å². The molecule has 0 aliphatic carbocycles. The fourth-order valence-electron chi connectivity index (χ4n) is 2.29. The summed E-state index contributed by atoms with van der Waals surface area (Å²) in [7, 11) is 0. The molecule has 1 aliphatic heterocycles. The fourth-order valence-corrected chi connectivity index (χ4v) is 2.76. The first-order valence-electron chi connectivity index (χ1n) is 6.13. The second-order valence-corrected chi connectivity index (χ2v) is 5.83. The van der Waals surface area contributed by atoms with Crippen LogP contribution in [0.2, 0.25) is 5.02 Å². The van der Waals surface area contributed by atoms with Gasteiger partial charge in [0.1, 0.15) is 0 Å². The Kier molecular flexibility index (Phi) is 3.52. The molecule has 2 nitrogen and oxygen atoms in total. The van der Waals surface area contributed by atoms with Gasteiger partial charge in [0.25, 0.3) is 0 Å². The van der Waals surface area contributed by atoms with Crippen molar-refractivity contribution in [2.24, 2.45) is 0 Å². The molecule has 0 bridgehead atoms. The van der Waals surface area contributed by atoms with Crippen LogP contribution in [0.1, 0.15) is 21.5 Å². The van der Waals surface area contributed by atoms with Crippen LogP contribution in [0.25, 0.3) is 0 Å². The van der Waals surface area contributed by atoms with Gasteiger partial charge in [-0.2, -0.15) is 0 Å². The summed E-state index contributed by atoms with van der Waals surface area (Å²) in [5, 5.41) is 3.13. The lowest BCUT2D eigenvalue weighted by Gasteiger charge is -2.07. The maximum atomic E-state index is 14.1. The highest BCUT2D eigenvalue weighted by Gasteiger charge is 2.20. The van der Waals surface area contributed by atoms with Gasteiger partial charge in [-0.25, -0.2) is 4.39 Å². The van der Waals surface area contributed by atoms with E-state index >= 15 is 0 Å². The Balaban J connectivity index is 2.03. The molecule has 0 unspecified atom stereocenters. The van der Waals surface area contributed by atoms with Crippen molar-refractivity contribution in [3.05, 3.63) is 62.3 Å². The normalized spacial score (nSPS) is 12.9. The van der Waals surface area contributed by atoms with Crippen LogP contribution in [-0.4, -0.2) is 12.3 Å². The first-order valence-corrected chi connectivity index (χ1v) is 7.30. The van der Waals surface area contributed by atoms with Gasteiger partial charge in [0.2, 0.25) is 0 Å². The number of benzene rings is 2. The first-order chi connectivity index (χ1) is 9.58. The van der Waals surface area contributed by atoms with Crippen LogP contribution >= 0.6 is 27.5 Å². The summed E-state index contributed by atoms with van der Waals surface area (Å²) in [4.78, 5) is 12.4. The molecule has 1 heterocycles. The predicted molar refractivity (Wildman–Crippen MR) is 81.2 cm³/mol. The molecule has 0 atom stereocenters. The Bertz CT molecular complexity index is 717. The molecule has 3 rings (SSSR count). The Hall–Kier alpha value is -1.39. The SMILES string of the molecule is O=C(c1ccc2c(c1)NCC2)c1ccc(Br)c(Cl)c1F. The van der Waals surface area contributed by atoms with Crippen molar-refractivity contribution in [3.8, 4) is 0 Å². The molecule has 1 aliphatic rings. The number of hydrogen-bond donors (Lipinski definition) is 1. The number of carbonyl (C=O) groups excluding carboxylic acids is 1. The molecule has 5 heteroatoms. The maximum Gasteiger partial charge on any atom is 0.196 e. The van der Waals surface area contributed by atoms with Gasteiger partial charge in [0, 0.05) is 22.3 Å². The lowest BCUT2D eigenvalue weighted by molar-refractivity contribution is 0.103. The molecule has 1 N–H and O–H groups in total. The summed E-state index contributed by atoms with van der Waals surface area (Å²) < 4.78 is 14.5. The summed E-state index contributed by atoms with van der Waals surface area (Å²) in [5.41, 5.74) is 2.56. The Morgan fingerprint density at radius 3 is 2.90 bits per heavy atom. The lowest BCUT2D eigenvalue weighted by atomic mass is 10.0. The van der Waals surface area contributed by atoms with Gasteiger partial charge >= 0.3 is 0 Å². The van der Waals surface area contributed by atoms with Crippen LogP contribution in [0.5, 0.6) is 0 Å². The van der Waals surface area contributed by atoms with E-state index in [1.165, 1.54) is 11.6 Å². The number of hydrogen-bond acceptors (Lipinski definition) is 2. The minimum Gasteiger partial charge on any atom is -0.384 e. The van der Waals surface area contributed by atoms with Crippen molar-refractivity contribution in [2.45, 2.75) is 6.42 Å². The molecule has 2 aromatic rings. The first kappa shape index (κ1) is 13.6. The van der Waals surface area contributed by atoms with Gasteiger partial charge in [-0.1, -0.05) is 23.7 Å². The smallest absolute Gasteiger partial charge is 0.196 e. The van der Waals surface area contributed by atoms with Crippen LogP contribution in [0, 0.1) is 5.82 Å². The number of carbonyl (C=O) groups is 1. The number of nitrogens with one attached hydrogen (secondary N) is 1. The van der Waals surface area contributed by atoms with E-state index in [1.807, 2.05) is 6.07 Å². The topological polar surface area (TPSA) is 29.1 Å². The molecule has 2 aromatic carbocycles. The minimum atomic E-state index is -0.695. The fraction of sp³-hybridized carbons (Fsp3) is 0.133. The predicted octanol–water partition coefficient (Wildman–Crippen LogP) is 4.44. The van der Waals surface area contributed by atoms with Crippen LogP contribution in [0.4, 0.5) is 10.1 Å². The maximum absolute atomic E-state index is 14.1. The Morgan fingerprint density at radius 2 is 2.10 bits per heavy atom. The highest BCUT2D eigenvalue weighted by molar-refractivity contribution is 9.10. The second-order valence-electron chi connectivity index (χ2n) is 4.60. The van der Waals surface area contributed by atoms with Gasteiger partial charge in [-0.05, 0) is 46.1 Å². The minimum absolute atomic E-state index is 0.0175. The van der Waals surface area contributed by atoms with E-state index in [0.717, 1.165) is 18.7 Å². The van der Waals surface area contributed by atoms with Crippen molar-refractivity contribution in [1.82, 2.24) is 0 Å². The Morgan fingerprint density at radius 1 is 1.30 bits per heavy atom. The second kappa shape index (κ2) is 5.19. The van der Waals surface area contributed by atoms with Gasteiger partial charge in [-0.3, -0.25) is 4.79 Å². The molecular weight excluding hydrogens is 345 g/mol. The number of rotatable bonds is 2. The molecule has 0 spiro atoms. The zero-order valence-corrected chi connectivity index (χ0v) is 12.7. The van der Waals surface area contributed by atoms with E-state index in [4.69, 9.17) is 11.6 Å². The van der Waals surface area contributed by atoms with Crippen molar-refractivity contribution in [1.29, 1.82) is 0 Å². The van der Waals surface area contributed by atoms with Crippen molar-refractivity contribution in [3.63, 3.8) is 0 Å². The standard InChI is InChI=1S/C15H10BrClFNO/c16-11-4-3-10(14(18)13(11)17)15(20)9-2-1-8-5-6-19-12(8)7-9/h1-4,7,19H,5-6H2. The summed E-state index contributed by atoms with van der Waals surface area (Å²) in [5.74, 6) is -1.06. The third-order valence-corrected chi connectivity index (χ3v) is 4.62. The van der Waals surface area contributed by atoms with E-state index in [1.54, 1.807) is 18.2 Å². The molecule has 0 saturated heterocycles. The van der Waals surface area contributed by atoms with Crippen LogP contribution in [-0.2, 0) is 6.42 Å². The Labute approximate surface area is 129 Å². The third-order valence-electron chi connectivity index (χ3n) is 3.36. The van der Waals surface area contributed by atoms with Gasteiger partial charge in [0.15, 0.2) is 11.6 Å². The molecule has 0 aromatic heterocycles. The van der Waals surface area contributed by atoms with E-state index < -0.39 is 5.82 Å². The van der Waals surface area contributed by atoms with Crippen LogP contribution < -0.4 is 5.32 Å². The highest BCUT2D eigenvalue weighted by atomic mass is 79.9. The largest absolute Gasteiger partial charge is 0.384 e. The lowest BCUT2D eigenvalue weighted by Crippen LogP contribution is -2.05. The monoisotopic (exact) mass is 353 g/mol. The molecule has 20 heavy (non-hydrogen) atoms. The number of fused-ring (bicyclic) bond motifs is 1.